The highest BCUT2D eigenvalue weighted by atomic mass is 16.6. The van der Waals surface area contributed by atoms with Crippen LogP contribution in [-0.2, 0) is 4.84 Å². The Bertz CT molecular complexity index is 400. The van der Waals surface area contributed by atoms with Gasteiger partial charge in [-0.15, -0.1) is 0 Å². The largest absolute Gasteiger partial charge is 0.399 e. The third-order valence-electron chi connectivity index (χ3n) is 3.00. The van der Waals surface area contributed by atoms with Crippen LogP contribution >= 0.6 is 0 Å². The number of hydrogen-bond acceptors (Lipinski definition) is 6. The summed E-state index contributed by atoms with van der Waals surface area (Å²) >= 11 is 0. The van der Waals surface area contributed by atoms with Gasteiger partial charge in [-0.05, 0) is 27.7 Å². The van der Waals surface area contributed by atoms with Crippen LogP contribution in [0.3, 0.4) is 0 Å². The Morgan fingerprint density at radius 1 is 1.20 bits per heavy atom. The van der Waals surface area contributed by atoms with Crippen LogP contribution in [-0.4, -0.2) is 43.4 Å². The van der Waals surface area contributed by atoms with Crippen molar-refractivity contribution in [3.63, 3.8) is 0 Å². The number of nitrogens with zero attached hydrogens (tertiary/aromatic N) is 4. The molecule has 0 aliphatic carbocycles. The van der Waals surface area contributed by atoms with Gasteiger partial charge < -0.3 is 4.84 Å². The topological polar surface area (TPSA) is 75.7 Å². The molecule has 0 rings (SSSR count). The Kier molecular flexibility index (Phi) is 7.87. The molecule has 0 aromatic carbocycles. The van der Waals surface area contributed by atoms with Crippen molar-refractivity contribution in [1.29, 1.82) is 0 Å². The number of aliphatic imine (C=N–C) groups is 2. The number of hydrogen-bond donors (Lipinski definition) is 0. The molecule has 0 saturated carbocycles. The Balaban J connectivity index is 4.67. The summed E-state index contributed by atoms with van der Waals surface area (Å²) in [6.45, 7) is 12.1. The predicted molar refractivity (Wildman–Crippen MR) is 85.1 cm³/mol. The van der Waals surface area contributed by atoms with Crippen molar-refractivity contribution < 1.29 is 4.84 Å². The first kappa shape index (κ1) is 18.4. The number of oxime groups is 1. The summed E-state index contributed by atoms with van der Waals surface area (Å²) in [6.07, 6.45) is 1.85. The molecule has 6 heteroatoms. The third kappa shape index (κ3) is 7.11. The second kappa shape index (κ2) is 8.55. The molecule has 0 aliphatic rings. The van der Waals surface area contributed by atoms with Gasteiger partial charge in [0.05, 0.1) is 17.5 Å². The first-order valence-corrected chi connectivity index (χ1v) is 6.69. The summed E-state index contributed by atoms with van der Waals surface area (Å²) in [6, 6.07) is -0.433. The van der Waals surface area contributed by atoms with E-state index in [1.54, 1.807) is 6.92 Å². The van der Waals surface area contributed by atoms with E-state index in [1.165, 1.54) is 7.11 Å². The maximum absolute atomic E-state index is 10.5. The van der Waals surface area contributed by atoms with E-state index in [0.717, 1.165) is 11.4 Å². The molecule has 20 heavy (non-hydrogen) atoms. The van der Waals surface area contributed by atoms with Crippen LogP contribution in [0.4, 0.5) is 0 Å². The first-order valence-electron chi connectivity index (χ1n) is 6.69. The Hall–Kier alpha value is -1.59. The van der Waals surface area contributed by atoms with Crippen molar-refractivity contribution in [2.75, 3.05) is 13.7 Å². The maximum Gasteiger partial charge on any atom is 0.111 e. The van der Waals surface area contributed by atoms with E-state index in [4.69, 9.17) is 4.84 Å². The molecule has 0 aromatic rings. The summed E-state index contributed by atoms with van der Waals surface area (Å²) in [4.78, 5) is 24.0. The van der Waals surface area contributed by atoms with Crippen molar-refractivity contribution in [2.24, 2.45) is 25.7 Å². The summed E-state index contributed by atoms with van der Waals surface area (Å²) in [5, 5.41) is 6.82. The van der Waals surface area contributed by atoms with Gasteiger partial charge in [-0.2, -0.15) is 4.91 Å². The quantitative estimate of drug-likeness (QED) is 0.389. The van der Waals surface area contributed by atoms with Crippen LogP contribution in [0.5, 0.6) is 0 Å². The fourth-order valence-corrected chi connectivity index (χ4v) is 1.21. The molecule has 0 heterocycles. The number of nitroso groups, excluding NO2 is 1. The van der Waals surface area contributed by atoms with Crippen LogP contribution in [0.1, 0.15) is 41.5 Å². The highest BCUT2D eigenvalue weighted by molar-refractivity contribution is 6.40. The fraction of sp³-hybridized carbons (Fsp3) is 0.786. The average molecular weight is 282 g/mol. The molecule has 0 radical (unpaired) electrons. The predicted octanol–water partition coefficient (Wildman–Crippen LogP) is 3.11. The summed E-state index contributed by atoms with van der Waals surface area (Å²) in [5.41, 5.74) is 1.41. The van der Waals surface area contributed by atoms with Crippen molar-refractivity contribution in [3.05, 3.63) is 4.91 Å². The highest BCUT2D eigenvalue weighted by Gasteiger charge is 2.17. The third-order valence-corrected chi connectivity index (χ3v) is 3.00. The van der Waals surface area contributed by atoms with Crippen molar-refractivity contribution >= 4 is 17.6 Å². The Labute approximate surface area is 121 Å². The normalized spacial score (nSPS) is 17.1. The molecular weight excluding hydrogens is 256 g/mol. The molecule has 6 nitrogen and oxygen atoms in total. The number of rotatable bonds is 8. The van der Waals surface area contributed by atoms with Crippen LogP contribution < -0.4 is 0 Å². The van der Waals surface area contributed by atoms with Crippen LogP contribution in [0.25, 0.3) is 0 Å². The van der Waals surface area contributed by atoms with Gasteiger partial charge in [-0.25, -0.2) is 0 Å². The van der Waals surface area contributed by atoms with E-state index < -0.39 is 0 Å². The SMILES string of the molecule is CON=C(C)C(C)=NCC(C)(C)C=NC(C)C(C)N=O. The Morgan fingerprint density at radius 2 is 1.80 bits per heavy atom. The standard InChI is InChI=1S/C14H26N4O2/c1-10(12(3)17-19)15-8-14(5,6)9-16-11(2)13(4)18-20-7/h8,10,12H,9H2,1-7H3. The molecule has 0 aromatic heterocycles. The molecule has 2 unspecified atom stereocenters. The van der Waals surface area contributed by atoms with E-state index >= 15 is 0 Å². The molecule has 114 valence electrons. The van der Waals surface area contributed by atoms with Gasteiger partial charge in [-0.1, -0.05) is 24.2 Å². The Morgan fingerprint density at radius 3 is 2.30 bits per heavy atom. The van der Waals surface area contributed by atoms with Gasteiger partial charge in [0, 0.05) is 18.2 Å². The molecule has 0 saturated heterocycles. The van der Waals surface area contributed by atoms with Gasteiger partial charge >= 0.3 is 0 Å². The zero-order chi connectivity index (χ0) is 15.8. The van der Waals surface area contributed by atoms with Gasteiger partial charge in [0.25, 0.3) is 0 Å². The van der Waals surface area contributed by atoms with E-state index in [-0.39, 0.29) is 17.5 Å². The summed E-state index contributed by atoms with van der Waals surface area (Å²) in [5.74, 6) is 0. The lowest BCUT2D eigenvalue weighted by molar-refractivity contribution is 0.214. The molecule has 2 atom stereocenters. The van der Waals surface area contributed by atoms with Gasteiger partial charge in [0.15, 0.2) is 0 Å². The molecule has 0 fully saturated rings. The van der Waals surface area contributed by atoms with E-state index in [1.807, 2.05) is 40.8 Å². The molecule has 0 N–H and O–H groups in total. The summed E-state index contributed by atoms with van der Waals surface area (Å²) < 4.78 is 0. The van der Waals surface area contributed by atoms with Gasteiger partial charge in [-0.3, -0.25) is 9.98 Å². The van der Waals surface area contributed by atoms with Crippen molar-refractivity contribution in [1.82, 2.24) is 0 Å². The van der Waals surface area contributed by atoms with E-state index in [0.29, 0.717) is 6.54 Å². The van der Waals surface area contributed by atoms with Crippen LogP contribution in [0.15, 0.2) is 20.3 Å². The van der Waals surface area contributed by atoms with Crippen molar-refractivity contribution in [2.45, 2.75) is 53.6 Å². The lowest BCUT2D eigenvalue weighted by atomic mass is 9.95. The van der Waals surface area contributed by atoms with Gasteiger partial charge in [0.2, 0.25) is 0 Å². The van der Waals surface area contributed by atoms with E-state index in [9.17, 15) is 4.91 Å². The minimum atomic E-state index is -0.316. The first-order chi connectivity index (χ1) is 9.23. The van der Waals surface area contributed by atoms with Gasteiger partial charge in [0.1, 0.15) is 13.2 Å². The highest BCUT2D eigenvalue weighted by Crippen LogP contribution is 2.14. The minimum absolute atomic E-state index is 0.117. The smallest absolute Gasteiger partial charge is 0.111 e. The van der Waals surface area contributed by atoms with Crippen LogP contribution in [0, 0.1) is 10.3 Å². The average Bonchev–Trinajstić information content (AvgIpc) is 2.41. The molecule has 0 amide bonds. The monoisotopic (exact) mass is 282 g/mol. The van der Waals surface area contributed by atoms with E-state index in [2.05, 4.69) is 20.3 Å². The summed E-state index contributed by atoms with van der Waals surface area (Å²) in [7, 11) is 1.51. The zero-order valence-electron chi connectivity index (χ0n) is 13.5. The van der Waals surface area contributed by atoms with Crippen molar-refractivity contribution in [3.8, 4) is 0 Å². The fourth-order valence-electron chi connectivity index (χ4n) is 1.21. The second-order valence-electron chi connectivity index (χ2n) is 5.61. The lowest BCUT2D eigenvalue weighted by Gasteiger charge is -2.18. The molecular formula is C14H26N4O2. The second-order valence-corrected chi connectivity index (χ2v) is 5.61. The molecule has 0 bridgehead atoms. The minimum Gasteiger partial charge on any atom is -0.399 e. The maximum atomic E-state index is 10.5. The molecule has 0 spiro atoms. The van der Waals surface area contributed by atoms with Crippen LogP contribution in [0.2, 0.25) is 0 Å². The molecule has 0 aliphatic heterocycles. The lowest BCUT2D eigenvalue weighted by Crippen LogP contribution is -2.22. The zero-order valence-corrected chi connectivity index (χ0v) is 13.5.